The lowest BCUT2D eigenvalue weighted by Crippen LogP contribution is -2.36. The summed E-state index contributed by atoms with van der Waals surface area (Å²) in [6.45, 7) is 2.70. The van der Waals surface area contributed by atoms with Crippen molar-refractivity contribution in [1.82, 2.24) is 5.32 Å². The molecule has 5 heteroatoms. The van der Waals surface area contributed by atoms with Crippen LogP contribution in [0.2, 0.25) is 0 Å². The summed E-state index contributed by atoms with van der Waals surface area (Å²) in [6, 6.07) is 6.79. The van der Waals surface area contributed by atoms with E-state index in [0.29, 0.717) is 17.9 Å². The number of guanidine groups is 1. The van der Waals surface area contributed by atoms with Gasteiger partial charge in [0.2, 0.25) is 0 Å². The lowest BCUT2D eigenvalue weighted by Gasteiger charge is -2.05. The zero-order valence-corrected chi connectivity index (χ0v) is 10.8. The average molecular weight is 249 g/mol. The number of carbonyl (C=O) groups is 1. The molecule has 0 atom stereocenters. The van der Waals surface area contributed by atoms with Gasteiger partial charge < -0.3 is 10.5 Å². The zero-order valence-electron chi connectivity index (χ0n) is 10.8. The molecule has 5 nitrogen and oxygen atoms in total. The first-order valence-corrected chi connectivity index (χ1v) is 5.92. The van der Waals surface area contributed by atoms with Gasteiger partial charge in [0, 0.05) is 12.1 Å². The number of hydrogen-bond acceptors (Lipinski definition) is 3. The van der Waals surface area contributed by atoms with Crippen molar-refractivity contribution in [3.05, 3.63) is 29.8 Å². The second-order valence-corrected chi connectivity index (χ2v) is 3.80. The maximum atomic E-state index is 11.8. The van der Waals surface area contributed by atoms with Crippen LogP contribution < -0.4 is 15.8 Å². The van der Waals surface area contributed by atoms with Gasteiger partial charge in [-0.1, -0.05) is 13.3 Å². The van der Waals surface area contributed by atoms with Crippen molar-refractivity contribution in [3.8, 4) is 5.75 Å². The predicted octanol–water partition coefficient (Wildman–Crippen LogP) is 1.54. The number of methoxy groups -OCH3 is 1. The Morgan fingerprint density at radius 2 is 2.06 bits per heavy atom. The van der Waals surface area contributed by atoms with Crippen LogP contribution in [0.5, 0.6) is 5.75 Å². The fourth-order valence-corrected chi connectivity index (χ4v) is 1.33. The Balaban J connectivity index is 2.56. The van der Waals surface area contributed by atoms with Gasteiger partial charge in [-0.2, -0.15) is 0 Å². The highest BCUT2D eigenvalue weighted by atomic mass is 16.5. The highest BCUT2D eigenvalue weighted by Gasteiger charge is 2.06. The first kappa shape index (κ1) is 14.0. The fourth-order valence-electron chi connectivity index (χ4n) is 1.33. The van der Waals surface area contributed by atoms with Crippen molar-refractivity contribution >= 4 is 11.9 Å². The van der Waals surface area contributed by atoms with Crippen LogP contribution in [0.1, 0.15) is 30.1 Å². The lowest BCUT2D eigenvalue weighted by atomic mass is 10.2. The Kier molecular flexibility index (Phi) is 5.70. The standard InChI is InChI=1S/C13H19N3O2/c1-3-4-9-15-13(14)16-12(17)10-5-7-11(18-2)8-6-10/h5-8H,3-4,9H2,1-2H3,(H3,14,15,16,17). The van der Waals surface area contributed by atoms with E-state index in [9.17, 15) is 4.79 Å². The molecular weight excluding hydrogens is 230 g/mol. The van der Waals surface area contributed by atoms with E-state index in [1.807, 2.05) is 0 Å². The molecular formula is C13H19N3O2. The minimum Gasteiger partial charge on any atom is -0.497 e. The lowest BCUT2D eigenvalue weighted by molar-refractivity contribution is 0.0976. The second-order valence-electron chi connectivity index (χ2n) is 3.80. The van der Waals surface area contributed by atoms with Crippen molar-refractivity contribution in [2.75, 3.05) is 13.7 Å². The number of aliphatic imine (C=N–C) groups is 1. The smallest absolute Gasteiger partial charge is 0.257 e. The normalized spacial score (nSPS) is 11.1. The largest absolute Gasteiger partial charge is 0.497 e. The summed E-state index contributed by atoms with van der Waals surface area (Å²) in [4.78, 5) is 15.8. The van der Waals surface area contributed by atoms with E-state index < -0.39 is 0 Å². The number of carbonyl (C=O) groups excluding carboxylic acids is 1. The van der Waals surface area contributed by atoms with Crippen LogP contribution in [0, 0.1) is 0 Å². The molecule has 0 aliphatic heterocycles. The molecule has 0 saturated heterocycles. The molecule has 3 N–H and O–H groups in total. The first-order valence-electron chi connectivity index (χ1n) is 5.92. The van der Waals surface area contributed by atoms with E-state index in [1.54, 1.807) is 31.4 Å². The molecule has 0 unspecified atom stereocenters. The van der Waals surface area contributed by atoms with Crippen molar-refractivity contribution < 1.29 is 9.53 Å². The second kappa shape index (κ2) is 7.32. The van der Waals surface area contributed by atoms with E-state index >= 15 is 0 Å². The van der Waals surface area contributed by atoms with Crippen LogP contribution >= 0.6 is 0 Å². The Morgan fingerprint density at radius 1 is 1.39 bits per heavy atom. The van der Waals surface area contributed by atoms with Gasteiger partial charge in [-0.05, 0) is 30.7 Å². The SMILES string of the molecule is CCCCN=C(N)NC(=O)c1ccc(OC)cc1. The van der Waals surface area contributed by atoms with Gasteiger partial charge in [0.1, 0.15) is 5.75 Å². The fraction of sp³-hybridized carbons (Fsp3) is 0.385. The van der Waals surface area contributed by atoms with Crippen LogP contribution in [0.25, 0.3) is 0 Å². The van der Waals surface area contributed by atoms with Gasteiger partial charge in [0.25, 0.3) is 5.91 Å². The topological polar surface area (TPSA) is 76.7 Å². The quantitative estimate of drug-likeness (QED) is 0.472. The van der Waals surface area contributed by atoms with Crippen molar-refractivity contribution in [2.24, 2.45) is 10.7 Å². The summed E-state index contributed by atoms with van der Waals surface area (Å²) in [7, 11) is 1.58. The molecule has 1 rings (SSSR count). The number of nitrogens with zero attached hydrogens (tertiary/aromatic N) is 1. The molecule has 1 aromatic rings. The Hall–Kier alpha value is -2.04. The van der Waals surface area contributed by atoms with Crippen molar-refractivity contribution in [2.45, 2.75) is 19.8 Å². The summed E-state index contributed by atoms with van der Waals surface area (Å²) < 4.78 is 5.02. The van der Waals surface area contributed by atoms with Crippen LogP contribution in [-0.4, -0.2) is 25.5 Å². The van der Waals surface area contributed by atoms with E-state index in [-0.39, 0.29) is 11.9 Å². The van der Waals surface area contributed by atoms with E-state index in [4.69, 9.17) is 10.5 Å². The average Bonchev–Trinajstić information content (AvgIpc) is 2.39. The molecule has 0 radical (unpaired) electrons. The van der Waals surface area contributed by atoms with Gasteiger partial charge >= 0.3 is 0 Å². The third kappa shape index (κ3) is 4.45. The van der Waals surface area contributed by atoms with Gasteiger partial charge in [0.05, 0.1) is 7.11 Å². The number of rotatable bonds is 5. The number of benzene rings is 1. The number of nitrogens with two attached hydrogens (primary N) is 1. The number of nitrogens with one attached hydrogen (secondary N) is 1. The summed E-state index contributed by atoms with van der Waals surface area (Å²) >= 11 is 0. The molecule has 0 aliphatic rings. The highest BCUT2D eigenvalue weighted by molar-refractivity contribution is 6.05. The molecule has 0 spiro atoms. The number of amides is 1. The Bertz CT molecular complexity index is 413. The predicted molar refractivity (Wildman–Crippen MR) is 71.9 cm³/mol. The number of hydrogen-bond donors (Lipinski definition) is 2. The zero-order chi connectivity index (χ0) is 13.4. The summed E-state index contributed by atoms with van der Waals surface area (Å²) in [6.07, 6.45) is 2.00. The molecule has 0 bridgehead atoms. The third-order valence-electron chi connectivity index (χ3n) is 2.39. The maximum absolute atomic E-state index is 11.8. The van der Waals surface area contributed by atoms with Gasteiger partial charge in [-0.15, -0.1) is 0 Å². The van der Waals surface area contributed by atoms with Gasteiger partial charge in [-0.25, -0.2) is 0 Å². The van der Waals surface area contributed by atoms with Crippen LogP contribution in [0.3, 0.4) is 0 Å². The number of unbranched alkanes of at least 4 members (excludes halogenated alkanes) is 1. The molecule has 1 amide bonds. The summed E-state index contributed by atoms with van der Waals surface area (Å²) in [5, 5.41) is 2.54. The first-order chi connectivity index (χ1) is 8.67. The molecule has 0 aromatic heterocycles. The minimum absolute atomic E-state index is 0.157. The molecule has 98 valence electrons. The van der Waals surface area contributed by atoms with Crippen LogP contribution in [0.4, 0.5) is 0 Å². The van der Waals surface area contributed by atoms with E-state index in [1.165, 1.54) is 0 Å². The van der Waals surface area contributed by atoms with Crippen molar-refractivity contribution in [1.29, 1.82) is 0 Å². The van der Waals surface area contributed by atoms with Gasteiger partial charge in [-0.3, -0.25) is 15.1 Å². The Morgan fingerprint density at radius 3 is 2.61 bits per heavy atom. The molecule has 0 aliphatic carbocycles. The Labute approximate surface area is 107 Å². The number of ether oxygens (including phenoxy) is 1. The minimum atomic E-state index is -0.268. The van der Waals surface area contributed by atoms with Crippen LogP contribution in [-0.2, 0) is 0 Å². The highest BCUT2D eigenvalue weighted by Crippen LogP contribution is 2.10. The van der Waals surface area contributed by atoms with E-state index in [2.05, 4.69) is 17.2 Å². The summed E-state index contributed by atoms with van der Waals surface area (Å²) in [5.41, 5.74) is 6.12. The van der Waals surface area contributed by atoms with E-state index in [0.717, 1.165) is 12.8 Å². The van der Waals surface area contributed by atoms with Crippen LogP contribution in [0.15, 0.2) is 29.3 Å². The summed E-state index contributed by atoms with van der Waals surface area (Å²) in [5.74, 6) is 0.593. The molecule has 0 heterocycles. The molecule has 1 aromatic carbocycles. The third-order valence-corrected chi connectivity index (χ3v) is 2.39. The molecule has 18 heavy (non-hydrogen) atoms. The van der Waals surface area contributed by atoms with Gasteiger partial charge in [0.15, 0.2) is 5.96 Å². The van der Waals surface area contributed by atoms with Crippen molar-refractivity contribution in [3.63, 3.8) is 0 Å². The molecule has 0 fully saturated rings. The monoisotopic (exact) mass is 249 g/mol. The molecule has 0 saturated carbocycles. The maximum Gasteiger partial charge on any atom is 0.257 e.